The van der Waals surface area contributed by atoms with E-state index >= 15 is 0 Å². The molecule has 3 rings (SSSR count). The van der Waals surface area contributed by atoms with Crippen LogP contribution in [0.5, 0.6) is 0 Å². The molecule has 130 valence electrons. The molecule has 1 saturated heterocycles. The maximum atomic E-state index is 12.7. The second-order valence-electron chi connectivity index (χ2n) is 5.57. The molecule has 6 nitrogen and oxygen atoms in total. The third kappa shape index (κ3) is 4.32. The lowest BCUT2D eigenvalue weighted by Crippen LogP contribution is -2.47. The van der Waals surface area contributed by atoms with Crippen LogP contribution in [0.2, 0.25) is 0 Å². The molecule has 0 aliphatic carbocycles. The molecule has 0 radical (unpaired) electrons. The summed E-state index contributed by atoms with van der Waals surface area (Å²) in [5, 5.41) is 2.68. The first kappa shape index (κ1) is 17.3. The lowest BCUT2D eigenvalue weighted by molar-refractivity contribution is -0.111. The van der Waals surface area contributed by atoms with E-state index in [-0.39, 0.29) is 5.91 Å². The van der Waals surface area contributed by atoms with Crippen LogP contribution in [0.25, 0.3) is 0 Å². The van der Waals surface area contributed by atoms with Gasteiger partial charge in [0.05, 0.1) is 4.90 Å². The minimum absolute atomic E-state index is 0.264. The van der Waals surface area contributed by atoms with Gasteiger partial charge in [0.2, 0.25) is 5.91 Å². The Bertz CT molecular complexity index is 756. The van der Waals surface area contributed by atoms with E-state index in [0.29, 0.717) is 18.8 Å². The van der Waals surface area contributed by atoms with Gasteiger partial charge in [-0.1, -0.05) is 12.6 Å². The summed E-state index contributed by atoms with van der Waals surface area (Å²) in [6, 6.07) is 12.9. The lowest BCUT2D eigenvalue weighted by atomic mass is 10.3. The van der Waals surface area contributed by atoms with Crippen molar-refractivity contribution in [2.75, 3.05) is 36.4 Å². The molecule has 1 aliphatic heterocycles. The van der Waals surface area contributed by atoms with Gasteiger partial charge in [-0.15, -0.1) is 0 Å². The number of hydrogen-bond donors (Lipinski definition) is 1. The first-order valence-corrected chi connectivity index (χ1v) is 9.14. The summed E-state index contributed by atoms with van der Waals surface area (Å²) >= 11 is 0. The summed E-state index contributed by atoms with van der Waals surface area (Å²) in [6.45, 7) is 6.40. The number of anilines is 2. The highest BCUT2D eigenvalue weighted by molar-refractivity contribution is 7.82. The van der Waals surface area contributed by atoms with Gasteiger partial charge in [-0.2, -0.15) is 0 Å². The zero-order valence-electron chi connectivity index (χ0n) is 13.8. The first-order valence-electron chi connectivity index (χ1n) is 8.03. The monoisotopic (exact) mass is 356 g/mol. The predicted octanol–water partition coefficient (Wildman–Crippen LogP) is 2.05. The van der Waals surface area contributed by atoms with Gasteiger partial charge < -0.3 is 10.2 Å². The van der Waals surface area contributed by atoms with Crippen LogP contribution in [0.15, 0.2) is 66.2 Å². The second-order valence-corrected chi connectivity index (χ2v) is 7.06. The van der Waals surface area contributed by atoms with Crippen molar-refractivity contribution in [2.24, 2.45) is 0 Å². The van der Waals surface area contributed by atoms with Gasteiger partial charge in [0.25, 0.3) is 0 Å². The van der Waals surface area contributed by atoms with Crippen molar-refractivity contribution >= 4 is 28.4 Å². The quantitative estimate of drug-likeness (QED) is 0.833. The molecule has 25 heavy (non-hydrogen) atoms. The number of amides is 1. The van der Waals surface area contributed by atoms with Crippen LogP contribution < -0.4 is 10.2 Å². The number of nitrogens with one attached hydrogen (secondary N) is 1. The third-order valence-corrected chi connectivity index (χ3v) is 5.46. The van der Waals surface area contributed by atoms with Crippen LogP contribution in [-0.2, 0) is 15.8 Å². The van der Waals surface area contributed by atoms with Crippen molar-refractivity contribution in [1.29, 1.82) is 0 Å². The average molecular weight is 356 g/mol. The normalized spacial score (nSPS) is 16.2. The standard InChI is InChI=1S/C18H20N4O2S/c1-2-18(23)20-15-6-8-16(9-7-15)25(24)22-13-11-21(12-14-22)17-5-3-4-10-19-17/h2-10H,1,11-14H2,(H,20,23). The number of nitrogens with zero attached hydrogens (tertiary/aromatic N) is 3. The molecule has 0 bridgehead atoms. The van der Waals surface area contributed by atoms with Crippen LogP contribution >= 0.6 is 0 Å². The third-order valence-electron chi connectivity index (χ3n) is 3.96. The number of aromatic nitrogens is 1. The number of carbonyl (C=O) groups excluding carboxylic acids is 1. The molecular weight excluding hydrogens is 336 g/mol. The topological polar surface area (TPSA) is 65.5 Å². The van der Waals surface area contributed by atoms with E-state index in [1.54, 1.807) is 30.5 Å². The van der Waals surface area contributed by atoms with Crippen LogP contribution in [0, 0.1) is 0 Å². The number of hydrogen-bond acceptors (Lipinski definition) is 4. The van der Waals surface area contributed by atoms with Gasteiger partial charge in [0.15, 0.2) is 0 Å². The predicted molar refractivity (Wildman–Crippen MR) is 99.7 cm³/mol. The number of benzene rings is 1. The molecule has 1 fully saturated rings. The molecule has 1 amide bonds. The SMILES string of the molecule is C=CC(=O)Nc1ccc(S(=O)N2CCN(c3ccccn3)CC2)cc1. The van der Waals surface area contributed by atoms with E-state index in [1.807, 2.05) is 22.5 Å². The molecule has 1 unspecified atom stereocenters. The Labute approximate surface area is 149 Å². The minimum atomic E-state index is -1.21. The fourth-order valence-corrected chi connectivity index (χ4v) is 3.78. The van der Waals surface area contributed by atoms with E-state index in [2.05, 4.69) is 21.8 Å². The van der Waals surface area contributed by atoms with Gasteiger partial charge in [0, 0.05) is 38.1 Å². The minimum Gasteiger partial charge on any atom is -0.354 e. The van der Waals surface area contributed by atoms with Crippen molar-refractivity contribution in [1.82, 2.24) is 9.29 Å². The Hall–Kier alpha value is -2.51. The maximum Gasteiger partial charge on any atom is 0.247 e. The highest BCUT2D eigenvalue weighted by Gasteiger charge is 2.22. The smallest absolute Gasteiger partial charge is 0.247 e. The van der Waals surface area contributed by atoms with E-state index < -0.39 is 11.0 Å². The van der Waals surface area contributed by atoms with Gasteiger partial charge in [-0.05, 0) is 42.5 Å². The van der Waals surface area contributed by atoms with E-state index in [4.69, 9.17) is 0 Å². The fourth-order valence-electron chi connectivity index (χ4n) is 2.62. The lowest BCUT2D eigenvalue weighted by Gasteiger charge is -2.34. The second kappa shape index (κ2) is 8.04. The van der Waals surface area contributed by atoms with Crippen LogP contribution in [0.1, 0.15) is 0 Å². The van der Waals surface area contributed by atoms with Crippen LogP contribution in [0.4, 0.5) is 11.5 Å². The molecule has 0 spiro atoms. The van der Waals surface area contributed by atoms with Gasteiger partial charge in [-0.25, -0.2) is 13.5 Å². The van der Waals surface area contributed by atoms with Crippen molar-refractivity contribution in [3.8, 4) is 0 Å². The van der Waals surface area contributed by atoms with Crippen molar-refractivity contribution in [3.63, 3.8) is 0 Å². The number of rotatable bonds is 5. The van der Waals surface area contributed by atoms with Gasteiger partial charge in [-0.3, -0.25) is 4.79 Å². The van der Waals surface area contributed by atoms with Gasteiger partial charge >= 0.3 is 0 Å². The molecule has 1 atom stereocenters. The Balaban J connectivity index is 1.59. The highest BCUT2D eigenvalue weighted by atomic mass is 32.2. The Kier molecular flexibility index (Phi) is 5.57. The number of carbonyl (C=O) groups is 1. The average Bonchev–Trinajstić information content (AvgIpc) is 2.69. The van der Waals surface area contributed by atoms with Crippen molar-refractivity contribution < 1.29 is 9.00 Å². The van der Waals surface area contributed by atoms with E-state index in [0.717, 1.165) is 23.8 Å². The largest absolute Gasteiger partial charge is 0.354 e. The summed E-state index contributed by atoms with van der Waals surface area (Å²) < 4.78 is 14.7. The molecule has 1 N–H and O–H groups in total. The summed E-state index contributed by atoms with van der Waals surface area (Å²) in [4.78, 5) is 18.6. The zero-order chi connectivity index (χ0) is 17.6. The molecule has 2 aromatic rings. The maximum absolute atomic E-state index is 12.7. The van der Waals surface area contributed by atoms with E-state index in [1.165, 1.54) is 6.08 Å². The molecular formula is C18H20N4O2S. The highest BCUT2D eigenvalue weighted by Crippen LogP contribution is 2.18. The Morgan fingerprint density at radius 3 is 2.44 bits per heavy atom. The molecule has 1 aromatic heterocycles. The summed E-state index contributed by atoms with van der Waals surface area (Å²) in [5.41, 5.74) is 0.658. The molecule has 1 aliphatic rings. The molecule has 1 aromatic carbocycles. The molecule has 0 saturated carbocycles. The first-order chi connectivity index (χ1) is 12.2. The summed E-state index contributed by atoms with van der Waals surface area (Å²) in [6.07, 6.45) is 3.00. The summed E-state index contributed by atoms with van der Waals surface area (Å²) in [7, 11) is -1.21. The van der Waals surface area contributed by atoms with Gasteiger partial charge in [0.1, 0.15) is 16.8 Å². The molecule has 7 heteroatoms. The molecule has 2 heterocycles. The fraction of sp³-hybridized carbons (Fsp3) is 0.222. The van der Waals surface area contributed by atoms with E-state index in [9.17, 15) is 9.00 Å². The number of pyridine rings is 1. The Morgan fingerprint density at radius 1 is 1.12 bits per heavy atom. The zero-order valence-corrected chi connectivity index (χ0v) is 14.6. The Morgan fingerprint density at radius 2 is 1.84 bits per heavy atom. The van der Waals surface area contributed by atoms with Crippen molar-refractivity contribution in [2.45, 2.75) is 4.90 Å². The summed E-state index contributed by atoms with van der Waals surface area (Å²) in [5.74, 6) is 0.690. The van der Waals surface area contributed by atoms with Crippen molar-refractivity contribution in [3.05, 3.63) is 61.3 Å². The number of piperazine rings is 1. The van der Waals surface area contributed by atoms with Crippen LogP contribution in [0.3, 0.4) is 0 Å². The van der Waals surface area contributed by atoms with Crippen LogP contribution in [-0.4, -0.2) is 45.6 Å².